The molecule has 7 heteroatoms. The number of hydrogen-bond acceptors (Lipinski definition) is 4. The van der Waals surface area contributed by atoms with E-state index in [2.05, 4.69) is 10.5 Å². The summed E-state index contributed by atoms with van der Waals surface area (Å²) in [7, 11) is 0. The molecular weight excluding hydrogens is 318 g/mol. The highest BCUT2D eigenvalue weighted by Gasteiger charge is 2.27. The van der Waals surface area contributed by atoms with Crippen LogP contribution in [0.15, 0.2) is 47.6 Å². The third-order valence-corrected chi connectivity index (χ3v) is 3.47. The van der Waals surface area contributed by atoms with Crippen molar-refractivity contribution < 1.29 is 23.0 Å². The van der Waals surface area contributed by atoms with Gasteiger partial charge in [0.05, 0.1) is 5.71 Å². The van der Waals surface area contributed by atoms with Crippen molar-refractivity contribution in [2.24, 2.45) is 5.10 Å². The van der Waals surface area contributed by atoms with Crippen LogP contribution in [0.3, 0.4) is 0 Å². The van der Waals surface area contributed by atoms with Gasteiger partial charge in [0.1, 0.15) is 6.61 Å². The molecule has 0 fully saturated rings. The lowest BCUT2D eigenvalue weighted by Gasteiger charge is -2.24. The summed E-state index contributed by atoms with van der Waals surface area (Å²) in [4.78, 5) is 12.1. The fraction of sp³-hybridized carbons (Fsp3) is 0.176. The van der Waals surface area contributed by atoms with Gasteiger partial charge in [-0.15, -0.1) is 0 Å². The first-order valence-corrected chi connectivity index (χ1v) is 7.22. The van der Waals surface area contributed by atoms with Crippen molar-refractivity contribution in [2.75, 3.05) is 6.61 Å². The second-order valence-corrected chi connectivity index (χ2v) is 5.17. The zero-order valence-corrected chi connectivity index (χ0v) is 12.8. The molecular formula is C17H14F2N2O3. The van der Waals surface area contributed by atoms with Crippen LogP contribution >= 0.6 is 0 Å². The molecule has 0 radical (unpaired) electrons. The molecule has 0 bridgehead atoms. The second kappa shape index (κ2) is 6.66. The van der Waals surface area contributed by atoms with Gasteiger partial charge < -0.3 is 9.47 Å². The van der Waals surface area contributed by atoms with E-state index < -0.39 is 23.6 Å². The van der Waals surface area contributed by atoms with Gasteiger partial charge in [-0.2, -0.15) is 5.10 Å². The summed E-state index contributed by atoms with van der Waals surface area (Å²) >= 11 is 0. The van der Waals surface area contributed by atoms with Gasteiger partial charge in [-0.3, -0.25) is 4.79 Å². The summed E-state index contributed by atoms with van der Waals surface area (Å²) in [5.41, 5.74) is 3.04. The Morgan fingerprint density at radius 3 is 2.67 bits per heavy atom. The first-order chi connectivity index (χ1) is 11.5. The van der Waals surface area contributed by atoms with Crippen LogP contribution < -0.4 is 14.9 Å². The molecule has 124 valence electrons. The predicted molar refractivity (Wildman–Crippen MR) is 83.1 cm³/mol. The maximum absolute atomic E-state index is 13.2. The van der Waals surface area contributed by atoms with Gasteiger partial charge in [0, 0.05) is 5.56 Å². The molecule has 1 aliphatic rings. The number of nitrogens with one attached hydrogen (secondary N) is 1. The summed E-state index contributed by atoms with van der Waals surface area (Å²) in [6.07, 6.45) is -0.846. The van der Waals surface area contributed by atoms with Crippen LogP contribution in [-0.4, -0.2) is 24.3 Å². The molecule has 0 unspecified atom stereocenters. The molecule has 1 atom stereocenters. The van der Waals surface area contributed by atoms with Crippen LogP contribution in [0.1, 0.15) is 12.5 Å². The molecule has 1 amide bonds. The molecule has 0 aromatic heterocycles. The van der Waals surface area contributed by atoms with Crippen LogP contribution in [0, 0.1) is 11.6 Å². The maximum atomic E-state index is 13.2. The summed E-state index contributed by atoms with van der Waals surface area (Å²) in [5, 5.41) is 3.89. The lowest BCUT2D eigenvalue weighted by atomic mass is 10.1. The normalized spacial score (nSPS) is 16.6. The number of carbonyl (C=O) groups is 1. The average molecular weight is 332 g/mol. The van der Waals surface area contributed by atoms with Gasteiger partial charge in [-0.1, -0.05) is 12.1 Å². The summed E-state index contributed by atoms with van der Waals surface area (Å²) in [6, 6.07) is 10.4. The molecule has 2 aromatic rings. The zero-order chi connectivity index (χ0) is 17.1. The molecule has 24 heavy (non-hydrogen) atoms. The Bertz CT molecular complexity index is 808. The number of hydrogen-bond donors (Lipinski definition) is 1. The molecule has 2 aromatic carbocycles. The van der Waals surface area contributed by atoms with Crippen molar-refractivity contribution in [2.45, 2.75) is 13.0 Å². The Kier molecular flexibility index (Phi) is 4.41. The Morgan fingerprint density at radius 2 is 1.92 bits per heavy atom. The van der Waals surface area contributed by atoms with Gasteiger partial charge in [0.15, 0.2) is 23.1 Å². The number of rotatable bonds is 3. The summed E-state index contributed by atoms with van der Waals surface area (Å²) in [6.45, 7) is 1.63. The highest BCUT2D eigenvalue weighted by Crippen LogP contribution is 2.30. The van der Waals surface area contributed by atoms with Crippen molar-refractivity contribution >= 4 is 11.6 Å². The highest BCUT2D eigenvalue weighted by atomic mass is 19.2. The van der Waals surface area contributed by atoms with Gasteiger partial charge in [0.25, 0.3) is 5.91 Å². The number of fused-ring (bicyclic) bond motifs is 1. The average Bonchev–Trinajstić information content (AvgIpc) is 2.61. The lowest BCUT2D eigenvalue weighted by Crippen LogP contribution is -2.42. The minimum absolute atomic E-state index is 0.0581. The number of para-hydroxylation sites is 2. The number of halogens is 2. The molecule has 1 aliphatic heterocycles. The van der Waals surface area contributed by atoms with E-state index >= 15 is 0 Å². The number of carbonyl (C=O) groups excluding carboxylic acids is 1. The second-order valence-electron chi connectivity index (χ2n) is 5.17. The van der Waals surface area contributed by atoms with E-state index in [1.54, 1.807) is 31.2 Å². The Balaban J connectivity index is 1.66. The summed E-state index contributed by atoms with van der Waals surface area (Å²) in [5.74, 6) is -1.37. The van der Waals surface area contributed by atoms with Crippen LogP contribution in [0.2, 0.25) is 0 Å². The molecule has 5 nitrogen and oxygen atoms in total. The third kappa shape index (κ3) is 3.34. The molecule has 3 rings (SSSR count). The molecule has 0 spiro atoms. The quantitative estimate of drug-likeness (QED) is 0.694. The van der Waals surface area contributed by atoms with Crippen molar-refractivity contribution in [3.05, 3.63) is 59.7 Å². The van der Waals surface area contributed by atoms with Crippen molar-refractivity contribution in [1.29, 1.82) is 0 Å². The lowest BCUT2D eigenvalue weighted by molar-refractivity contribution is -0.130. The standard InChI is InChI=1S/C17H14F2N2O3/c1-10(11-6-7-12(18)13(19)8-11)20-21-17(22)16-9-23-14-4-2-3-5-15(14)24-16/h2-8,16H,9H2,1H3,(H,21,22)/b20-10-/t16-/m0/s1. The molecule has 1 heterocycles. The number of ether oxygens (including phenoxy) is 2. The minimum Gasteiger partial charge on any atom is -0.485 e. The minimum atomic E-state index is -0.978. The fourth-order valence-corrected chi connectivity index (χ4v) is 2.15. The van der Waals surface area contributed by atoms with E-state index in [9.17, 15) is 13.6 Å². The number of nitrogens with zero attached hydrogens (tertiary/aromatic N) is 1. The van der Waals surface area contributed by atoms with E-state index in [1.807, 2.05) is 0 Å². The fourth-order valence-electron chi connectivity index (χ4n) is 2.15. The maximum Gasteiger partial charge on any atom is 0.284 e. The van der Waals surface area contributed by atoms with Crippen LogP contribution in [0.4, 0.5) is 8.78 Å². The largest absolute Gasteiger partial charge is 0.485 e. The van der Waals surface area contributed by atoms with E-state index in [1.165, 1.54) is 6.07 Å². The van der Waals surface area contributed by atoms with Gasteiger partial charge in [-0.05, 0) is 37.3 Å². The third-order valence-electron chi connectivity index (χ3n) is 3.47. The van der Waals surface area contributed by atoms with Crippen molar-refractivity contribution in [1.82, 2.24) is 5.43 Å². The number of benzene rings is 2. The highest BCUT2D eigenvalue weighted by molar-refractivity contribution is 5.99. The van der Waals surface area contributed by atoms with E-state index in [0.29, 0.717) is 22.8 Å². The number of amides is 1. The molecule has 1 N–H and O–H groups in total. The summed E-state index contributed by atoms with van der Waals surface area (Å²) < 4.78 is 37.1. The van der Waals surface area contributed by atoms with Crippen LogP contribution in [-0.2, 0) is 4.79 Å². The topological polar surface area (TPSA) is 59.9 Å². The smallest absolute Gasteiger partial charge is 0.284 e. The molecule has 0 saturated heterocycles. The number of hydrazone groups is 1. The predicted octanol–water partition coefficient (Wildman–Crippen LogP) is 2.65. The van der Waals surface area contributed by atoms with E-state index in [4.69, 9.17) is 9.47 Å². The first kappa shape index (κ1) is 15.9. The van der Waals surface area contributed by atoms with Gasteiger partial charge in [0.2, 0.25) is 6.10 Å². The van der Waals surface area contributed by atoms with E-state index in [-0.39, 0.29) is 6.61 Å². The Hall–Kier alpha value is -2.96. The van der Waals surface area contributed by atoms with Gasteiger partial charge in [-0.25, -0.2) is 14.2 Å². The zero-order valence-electron chi connectivity index (χ0n) is 12.8. The van der Waals surface area contributed by atoms with Crippen LogP contribution in [0.5, 0.6) is 11.5 Å². The Labute approximate surface area is 136 Å². The van der Waals surface area contributed by atoms with Crippen molar-refractivity contribution in [3.63, 3.8) is 0 Å². The SMILES string of the molecule is C/C(=N/NC(=O)[C@@H]1COc2ccccc2O1)c1ccc(F)c(F)c1. The van der Waals surface area contributed by atoms with Crippen LogP contribution in [0.25, 0.3) is 0 Å². The van der Waals surface area contributed by atoms with E-state index in [0.717, 1.165) is 12.1 Å². The van der Waals surface area contributed by atoms with Gasteiger partial charge >= 0.3 is 0 Å². The molecule has 0 aliphatic carbocycles. The Morgan fingerprint density at radius 1 is 1.17 bits per heavy atom. The monoisotopic (exact) mass is 332 g/mol. The first-order valence-electron chi connectivity index (χ1n) is 7.22. The van der Waals surface area contributed by atoms with Crippen molar-refractivity contribution in [3.8, 4) is 11.5 Å². The molecule has 0 saturated carbocycles.